The number of benzene rings is 1. The topological polar surface area (TPSA) is 70.1 Å². The molecule has 1 heterocycles. The summed E-state index contributed by atoms with van der Waals surface area (Å²) in [6, 6.07) is 5.32. The van der Waals surface area contributed by atoms with Crippen molar-refractivity contribution in [2.24, 2.45) is 5.73 Å². The molecule has 0 radical (unpaired) electrons. The third-order valence-corrected chi connectivity index (χ3v) is 2.42. The van der Waals surface area contributed by atoms with E-state index in [1.807, 2.05) is 12.3 Å². The lowest BCUT2D eigenvalue weighted by Crippen LogP contribution is -2.09. The van der Waals surface area contributed by atoms with E-state index in [4.69, 9.17) is 10.5 Å². The Morgan fingerprint density at radius 2 is 2.35 bits per heavy atom. The van der Waals surface area contributed by atoms with Crippen molar-refractivity contribution in [1.29, 1.82) is 0 Å². The van der Waals surface area contributed by atoms with E-state index < -0.39 is 0 Å². The number of hydrogen-bond acceptors (Lipinski definition) is 4. The van der Waals surface area contributed by atoms with Gasteiger partial charge in [0.25, 0.3) is 0 Å². The highest BCUT2D eigenvalue weighted by Crippen LogP contribution is 2.15. The van der Waals surface area contributed by atoms with E-state index in [9.17, 15) is 4.79 Å². The van der Waals surface area contributed by atoms with E-state index >= 15 is 0 Å². The Morgan fingerprint density at radius 1 is 1.53 bits per heavy atom. The fourth-order valence-electron chi connectivity index (χ4n) is 1.67. The minimum atomic E-state index is -0.305. The van der Waals surface area contributed by atoms with Gasteiger partial charge in [0, 0.05) is 18.1 Å². The summed E-state index contributed by atoms with van der Waals surface area (Å²) >= 11 is 0. The van der Waals surface area contributed by atoms with Crippen LogP contribution in [0.2, 0.25) is 0 Å². The van der Waals surface area contributed by atoms with E-state index in [1.165, 1.54) is 0 Å². The zero-order valence-electron chi connectivity index (χ0n) is 9.72. The number of carbonyl (C=O) groups excluding carboxylic acids is 1. The Bertz CT molecular complexity index is 534. The quantitative estimate of drug-likeness (QED) is 0.805. The second-order valence-electron chi connectivity index (χ2n) is 3.67. The van der Waals surface area contributed by atoms with Crippen molar-refractivity contribution in [3.05, 3.63) is 30.0 Å². The van der Waals surface area contributed by atoms with Crippen LogP contribution in [0.25, 0.3) is 10.9 Å². The lowest BCUT2D eigenvalue weighted by molar-refractivity contribution is 0.0526. The van der Waals surface area contributed by atoms with Crippen molar-refractivity contribution >= 4 is 16.9 Å². The molecule has 0 spiro atoms. The first-order valence-electron chi connectivity index (χ1n) is 5.59. The van der Waals surface area contributed by atoms with Crippen LogP contribution in [0.15, 0.2) is 24.4 Å². The van der Waals surface area contributed by atoms with Crippen LogP contribution < -0.4 is 5.73 Å². The number of nitrogens with zero attached hydrogens (tertiary/aromatic N) is 2. The molecule has 0 aliphatic heterocycles. The van der Waals surface area contributed by atoms with Crippen LogP contribution in [0.3, 0.4) is 0 Å². The van der Waals surface area contributed by atoms with Gasteiger partial charge in [0.2, 0.25) is 0 Å². The molecule has 0 aliphatic carbocycles. The van der Waals surface area contributed by atoms with Crippen molar-refractivity contribution in [2.75, 3.05) is 13.2 Å². The summed E-state index contributed by atoms with van der Waals surface area (Å²) in [4.78, 5) is 11.6. The van der Waals surface area contributed by atoms with E-state index in [1.54, 1.807) is 23.7 Å². The smallest absolute Gasteiger partial charge is 0.338 e. The fourth-order valence-corrected chi connectivity index (χ4v) is 1.67. The SMILES string of the molecule is CCOC(=O)c1ccc2nn(CCN)cc2c1. The third-order valence-electron chi connectivity index (χ3n) is 2.42. The average Bonchev–Trinajstić information content (AvgIpc) is 2.71. The molecule has 0 atom stereocenters. The lowest BCUT2D eigenvalue weighted by atomic mass is 10.2. The van der Waals surface area contributed by atoms with Gasteiger partial charge in [-0.3, -0.25) is 4.68 Å². The molecule has 2 rings (SSSR count). The Labute approximate surface area is 99.2 Å². The van der Waals surface area contributed by atoms with Crippen LogP contribution >= 0.6 is 0 Å². The van der Waals surface area contributed by atoms with Crippen LogP contribution in [0.1, 0.15) is 17.3 Å². The van der Waals surface area contributed by atoms with Crippen LogP contribution in [0, 0.1) is 0 Å². The minimum absolute atomic E-state index is 0.305. The molecule has 0 saturated carbocycles. The molecular formula is C12H15N3O2. The number of rotatable bonds is 4. The number of carbonyl (C=O) groups is 1. The highest BCUT2D eigenvalue weighted by Gasteiger charge is 2.08. The van der Waals surface area contributed by atoms with Gasteiger partial charge in [-0.1, -0.05) is 0 Å². The first kappa shape index (κ1) is 11.6. The second kappa shape index (κ2) is 4.97. The van der Waals surface area contributed by atoms with Crippen LogP contribution in [-0.2, 0) is 11.3 Å². The van der Waals surface area contributed by atoms with E-state index in [0.29, 0.717) is 25.3 Å². The van der Waals surface area contributed by atoms with Crippen LogP contribution in [-0.4, -0.2) is 28.9 Å². The van der Waals surface area contributed by atoms with Gasteiger partial charge in [0.05, 0.1) is 24.2 Å². The Morgan fingerprint density at radius 3 is 3.06 bits per heavy atom. The van der Waals surface area contributed by atoms with Crippen LogP contribution in [0.4, 0.5) is 0 Å². The number of fused-ring (bicyclic) bond motifs is 1. The summed E-state index contributed by atoms with van der Waals surface area (Å²) in [7, 11) is 0. The zero-order chi connectivity index (χ0) is 12.3. The fraction of sp³-hybridized carbons (Fsp3) is 0.333. The molecule has 2 aromatic rings. The summed E-state index contributed by atoms with van der Waals surface area (Å²) in [5.41, 5.74) is 6.87. The highest BCUT2D eigenvalue weighted by atomic mass is 16.5. The maximum Gasteiger partial charge on any atom is 0.338 e. The lowest BCUT2D eigenvalue weighted by Gasteiger charge is -2.00. The van der Waals surface area contributed by atoms with Crippen molar-refractivity contribution in [3.63, 3.8) is 0 Å². The predicted molar refractivity (Wildman–Crippen MR) is 64.7 cm³/mol. The van der Waals surface area contributed by atoms with Crippen molar-refractivity contribution in [3.8, 4) is 0 Å². The number of aromatic nitrogens is 2. The number of hydrogen-bond donors (Lipinski definition) is 1. The van der Waals surface area contributed by atoms with E-state index in [2.05, 4.69) is 5.10 Å². The van der Waals surface area contributed by atoms with E-state index in [0.717, 1.165) is 10.9 Å². The van der Waals surface area contributed by atoms with Crippen molar-refractivity contribution < 1.29 is 9.53 Å². The second-order valence-corrected chi connectivity index (χ2v) is 3.67. The van der Waals surface area contributed by atoms with Crippen molar-refractivity contribution in [1.82, 2.24) is 9.78 Å². The molecule has 2 N–H and O–H groups in total. The van der Waals surface area contributed by atoms with Crippen LogP contribution in [0.5, 0.6) is 0 Å². The molecule has 0 bridgehead atoms. The maximum atomic E-state index is 11.6. The summed E-state index contributed by atoms with van der Waals surface area (Å²) in [6.07, 6.45) is 1.88. The summed E-state index contributed by atoms with van der Waals surface area (Å²) in [5.74, 6) is -0.305. The molecule has 0 unspecified atom stereocenters. The Hall–Kier alpha value is -1.88. The molecule has 1 aromatic heterocycles. The molecule has 1 aromatic carbocycles. The van der Waals surface area contributed by atoms with Gasteiger partial charge in [-0.25, -0.2) is 4.79 Å². The summed E-state index contributed by atoms with van der Waals surface area (Å²) in [5, 5.41) is 5.25. The molecule has 0 fully saturated rings. The molecule has 17 heavy (non-hydrogen) atoms. The Balaban J connectivity index is 2.33. The highest BCUT2D eigenvalue weighted by molar-refractivity contribution is 5.94. The summed E-state index contributed by atoms with van der Waals surface area (Å²) < 4.78 is 6.72. The number of ether oxygens (including phenoxy) is 1. The van der Waals surface area contributed by atoms with Gasteiger partial charge in [-0.2, -0.15) is 5.10 Å². The van der Waals surface area contributed by atoms with Gasteiger partial charge in [-0.05, 0) is 25.1 Å². The molecule has 90 valence electrons. The third kappa shape index (κ3) is 2.45. The standard InChI is InChI=1S/C12H15N3O2/c1-2-17-12(16)9-3-4-11-10(7-9)8-15(14-11)6-5-13/h3-4,7-8H,2,5-6,13H2,1H3. The van der Waals surface area contributed by atoms with Gasteiger partial charge in [0.15, 0.2) is 0 Å². The molecule has 0 aliphatic rings. The van der Waals surface area contributed by atoms with Gasteiger partial charge in [0.1, 0.15) is 0 Å². The first-order valence-corrected chi connectivity index (χ1v) is 5.59. The molecule has 5 heteroatoms. The van der Waals surface area contributed by atoms with Gasteiger partial charge in [-0.15, -0.1) is 0 Å². The molecule has 0 saturated heterocycles. The minimum Gasteiger partial charge on any atom is -0.462 e. The largest absolute Gasteiger partial charge is 0.462 e. The predicted octanol–water partition coefficient (Wildman–Crippen LogP) is 1.17. The Kier molecular flexibility index (Phi) is 3.39. The average molecular weight is 233 g/mol. The summed E-state index contributed by atoms with van der Waals surface area (Å²) in [6.45, 7) is 3.38. The van der Waals surface area contributed by atoms with Gasteiger partial charge < -0.3 is 10.5 Å². The molecule has 5 nitrogen and oxygen atoms in total. The monoisotopic (exact) mass is 233 g/mol. The van der Waals surface area contributed by atoms with Gasteiger partial charge >= 0.3 is 5.97 Å². The zero-order valence-corrected chi connectivity index (χ0v) is 9.72. The number of esters is 1. The number of nitrogens with two attached hydrogens (primary N) is 1. The maximum absolute atomic E-state index is 11.6. The molecular weight excluding hydrogens is 218 g/mol. The normalized spacial score (nSPS) is 10.7. The van der Waals surface area contributed by atoms with Crippen molar-refractivity contribution in [2.45, 2.75) is 13.5 Å². The van der Waals surface area contributed by atoms with E-state index in [-0.39, 0.29) is 5.97 Å². The first-order chi connectivity index (χ1) is 8.24. The molecule has 0 amide bonds.